The minimum atomic E-state index is -4.13. The number of nitrogens with one attached hydrogen (secondary N) is 1. The number of amides is 1. The van der Waals surface area contributed by atoms with Crippen LogP contribution in [-0.2, 0) is 17.8 Å². The molecule has 1 saturated heterocycles. The van der Waals surface area contributed by atoms with E-state index in [1.807, 2.05) is 53.4 Å². The first kappa shape index (κ1) is 22.3. The normalized spacial score (nSPS) is 16.9. The molecule has 0 radical (unpaired) electrons. The van der Waals surface area contributed by atoms with Gasteiger partial charge in [-0.3, -0.25) is 19.6 Å². The highest BCUT2D eigenvalue weighted by molar-refractivity contribution is 5.83. The first-order valence-electron chi connectivity index (χ1n) is 10.6. The molecule has 1 aliphatic heterocycles. The third-order valence-corrected chi connectivity index (χ3v) is 6.09. The number of hydrogen-bond donors (Lipinski definition) is 2. The van der Waals surface area contributed by atoms with Crippen LogP contribution in [-0.4, -0.2) is 45.1 Å². The zero-order chi connectivity index (χ0) is 22.7. The molecule has 2 aromatic carbocycles. The van der Waals surface area contributed by atoms with E-state index in [1.165, 1.54) is 0 Å². The third-order valence-electron chi connectivity index (χ3n) is 6.09. The van der Waals surface area contributed by atoms with Gasteiger partial charge < -0.3 is 0 Å². The van der Waals surface area contributed by atoms with E-state index in [0.29, 0.717) is 31.6 Å². The second-order valence-corrected chi connectivity index (χ2v) is 8.24. The molecular weight excluding hydrogens is 421 g/mol. The quantitative estimate of drug-likeness (QED) is 0.442. The van der Waals surface area contributed by atoms with Gasteiger partial charge in [0.2, 0.25) is 0 Å². The Kier molecular flexibility index (Phi) is 6.48. The molecule has 1 unspecified atom stereocenters. The molecule has 3 aromatic rings. The number of nitrogens with zero attached hydrogens (tertiary/aromatic N) is 3. The Balaban J connectivity index is 1.55. The van der Waals surface area contributed by atoms with Crippen molar-refractivity contribution in [2.45, 2.75) is 38.0 Å². The average Bonchev–Trinajstić information content (AvgIpc) is 3.22. The number of fused-ring (bicyclic) bond motifs is 1. The van der Waals surface area contributed by atoms with Gasteiger partial charge in [0.1, 0.15) is 6.04 Å². The van der Waals surface area contributed by atoms with Crippen LogP contribution in [0.15, 0.2) is 54.7 Å². The molecule has 1 atom stereocenters. The van der Waals surface area contributed by atoms with E-state index >= 15 is 0 Å². The third kappa shape index (κ3) is 4.94. The van der Waals surface area contributed by atoms with Crippen LogP contribution >= 0.6 is 0 Å². The molecular formula is C23H25F3N4O2. The van der Waals surface area contributed by atoms with Gasteiger partial charge in [-0.05, 0) is 37.1 Å². The summed E-state index contributed by atoms with van der Waals surface area (Å²) in [6.07, 6.45) is -1.82. The van der Waals surface area contributed by atoms with Crippen molar-refractivity contribution in [2.75, 3.05) is 13.1 Å². The Morgan fingerprint density at radius 1 is 1.12 bits per heavy atom. The van der Waals surface area contributed by atoms with E-state index in [0.717, 1.165) is 16.5 Å². The molecule has 32 heavy (non-hydrogen) atoms. The predicted molar refractivity (Wildman–Crippen MR) is 113 cm³/mol. The highest BCUT2D eigenvalue weighted by atomic mass is 19.4. The Morgan fingerprint density at radius 2 is 1.84 bits per heavy atom. The van der Waals surface area contributed by atoms with Crippen LogP contribution in [0.2, 0.25) is 0 Å². The molecule has 2 heterocycles. The predicted octanol–water partition coefficient (Wildman–Crippen LogP) is 4.10. The zero-order valence-corrected chi connectivity index (χ0v) is 17.4. The number of halogens is 3. The van der Waals surface area contributed by atoms with Crippen LogP contribution in [0.25, 0.3) is 10.9 Å². The van der Waals surface area contributed by atoms with Gasteiger partial charge in [0, 0.05) is 24.5 Å². The number of hydrogen-bond acceptors (Lipinski definition) is 4. The Morgan fingerprint density at radius 3 is 2.50 bits per heavy atom. The van der Waals surface area contributed by atoms with Crippen LogP contribution in [0.3, 0.4) is 0 Å². The van der Waals surface area contributed by atoms with E-state index < -0.39 is 24.0 Å². The number of rotatable bonds is 6. The number of benzene rings is 2. The standard InChI is InChI=1S/C23H25F3N4O2/c24-23(25,26)19-9-11-29(12-10-19)14-17-7-4-8-18-15-30(27-21(17)18)20(22(31)28-32)13-16-5-2-1-3-6-16/h1-8,15,19-20,32H,9-14H2,(H,28,31). The fourth-order valence-corrected chi connectivity index (χ4v) is 4.29. The number of carbonyl (C=O) groups excluding carboxylic acids is 1. The minimum absolute atomic E-state index is 0.101. The van der Waals surface area contributed by atoms with E-state index in [2.05, 4.69) is 5.10 Å². The van der Waals surface area contributed by atoms with E-state index in [4.69, 9.17) is 0 Å². The molecule has 1 amide bonds. The van der Waals surface area contributed by atoms with Gasteiger partial charge in [-0.2, -0.15) is 18.3 Å². The number of hydroxylamine groups is 1. The van der Waals surface area contributed by atoms with Crippen molar-refractivity contribution in [3.05, 3.63) is 65.9 Å². The maximum absolute atomic E-state index is 13.0. The summed E-state index contributed by atoms with van der Waals surface area (Å²) in [4.78, 5) is 14.4. The van der Waals surface area contributed by atoms with Crippen molar-refractivity contribution in [1.29, 1.82) is 0 Å². The summed E-state index contributed by atoms with van der Waals surface area (Å²) in [7, 11) is 0. The van der Waals surface area contributed by atoms with Gasteiger partial charge in [-0.25, -0.2) is 5.48 Å². The summed E-state index contributed by atoms with van der Waals surface area (Å²) in [5.74, 6) is -1.80. The number of alkyl halides is 3. The largest absolute Gasteiger partial charge is 0.391 e. The summed E-state index contributed by atoms with van der Waals surface area (Å²) < 4.78 is 40.4. The molecule has 1 fully saturated rings. The molecule has 1 aliphatic rings. The first-order valence-corrected chi connectivity index (χ1v) is 10.6. The van der Waals surface area contributed by atoms with Gasteiger partial charge in [0.25, 0.3) is 5.91 Å². The summed E-state index contributed by atoms with van der Waals surface area (Å²) >= 11 is 0. The summed E-state index contributed by atoms with van der Waals surface area (Å²) in [5, 5.41) is 14.7. The van der Waals surface area contributed by atoms with Crippen molar-refractivity contribution in [1.82, 2.24) is 20.2 Å². The fourth-order valence-electron chi connectivity index (χ4n) is 4.29. The Bertz CT molecular complexity index is 1060. The first-order chi connectivity index (χ1) is 15.3. The maximum Gasteiger partial charge on any atom is 0.391 e. The van der Waals surface area contributed by atoms with Gasteiger partial charge in [0.15, 0.2) is 0 Å². The lowest BCUT2D eigenvalue weighted by Crippen LogP contribution is -2.38. The Hall–Kier alpha value is -2.91. The topological polar surface area (TPSA) is 70.4 Å². The Labute approximate surface area is 183 Å². The van der Waals surface area contributed by atoms with Crippen molar-refractivity contribution < 1.29 is 23.2 Å². The second kappa shape index (κ2) is 9.30. The summed E-state index contributed by atoms with van der Waals surface area (Å²) in [5.41, 5.74) is 4.25. The van der Waals surface area contributed by atoms with E-state index in [-0.39, 0.29) is 12.8 Å². The van der Waals surface area contributed by atoms with Crippen molar-refractivity contribution in [3.8, 4) is 0 Å². The summed E-state index contributed by atoms with van der Waals surface area (Å²) in [6.45, 7) is 1.25. The van der Waals surface area contributed by atoms with E-state index in [9.17, 15) is 23.2 Å². The zero-order valence-electron chi connectivity index (χ0n) is 17.4. The molecule has 170 valence electrons. The molecule has 0 aliphatic carbocycles. The number of carbonyl (C=O) groups is 1. The molecule has 6 nitrogen and oxygen atoms in total. The van der Waals surface area contributed by atoms with Crippen molar-refractivity contribution in [3.63, 3.8) is 0 Å². The lowest BCUT2D eigenvalue weighted by molar-refractivity contribution is -0.185. The van der Waals surface area contributed by atoms with Crippen LogP contribution in [0.5, 0.6) is 0 Å². The average molecular weight is 446 g/mol. The second-order valence-electron chi connectivity index (χ2n) is 8.24. The lowest BCUT2D eigenvalue weighted by Gasteiger charge is -2.32. The minimum Gasteiger partial charge on any atom is -0.299 e. The fraction of sp³-hybridized carbons (Fsp3) is 0.391. The van der Waals surface area contributed by atoms with Crippen LogP contribution in [0.4, 0.5) is 13.2 Å². The molecule has 0 bridgehead atoms. The van der Waals surface area contributed by atoms with Crippen LogP contribution < -0.4 is 5.48 Å². The number of piperidine rings is 1. The SMILES string of the molecule is O=C(NO)C(Cc1ccccc1)n1cc2cccc(CN3CCC(C(F)(F)F)CC3)c2n1. The van der Waals surface area contributed by atoms with Gasteiger partial charge >= 0.3 is 6.18 Å². The van der Waals surface area contributed by atoms with Gasteiger partial charge in [-0.1, -0.05) is 48.5 Å². The summed E-state index contributed by atoms with van der Waals surface area (Å²) in [6, 6.07) is 14.4. The molecule has 0 saturated carbocycles. The number of aromatic nitrogens is 2. The molecule has 9 heteroatoms. The molecule has 1 aromatic heterocycles. The highest BCUT2D eigenvalue weighted by Gasteiger charge is 2.41. The van der Waals surface area contributed by atoms with Crippen molar-refractivity contribution >= 4 is 16.8 Å². The lowest BCUT2D eigenvalue weighted by atomic mass is 9.96. The number of likely N-dealkylation sites (tertiary alicyclic amines) is 1. The molecule has 0 spiro atoms. The van der Waals surface area contributed by atoms with Crippen LogP contribution in [0, 0.1) is 5.92 Å². The molecule has 4 rings (SSSR count). The maximum atomic E-state index is 13.0. The molecule has 2 N–H and O–H groups in total. The monoisotopic (exact) mass is 446 g/mol. The highest BCUT2D eigenvalue weighted by Crippen LogP contribution is 2.34. The van der Waals surface area contributed by atoms with Gasteiger partial charge in [0.05, 0.1) is 11.4 Å². The van der Waals surface area contributed by atoms with E-state index in [1.54, 1.807) is 16.4 Å². The van der Waals surface area contributed by atoms with Crippen LogP contribution in [0.1, 0.15) is 30.0 Å². The van der Waals surface area contributed by atoms with Gasteiger partial charge in [-0.15, -0.1) is 0 Å². The smallest absolute Gasteiger partial charge is 0.299 e. The van der Waals surface area contributed by atoms with Crippen molar-refractivity contribution in [2.24, 2.45) is 5.92 Å².